The monoisotopic (exact) mass is 377 g/mol. The standard InChI is InChI=1S/C19H25F2N5O/c1-3-13(2)19(27)22-11-18-24-23-17-6-7-25(8-9-26(17)18)12-14-4-5-15(20)10-16(14)21/h4-5,10,13H,3,6-9,11-12H2,1-2H3,(H,22,27)/t13-/m0/s1. The molecule has 27 heavy (non-hydrogen) atoms. The molecule has 8 heteroatoms. The summed E-state index contributed by atoms with van der Waals surface area (Å²) in [6.45, 7) is 6.73. The molecule has 0 radical (unpaired) electrons. The lowest BCUT2D eigenvalue weighted by molar-refractivity contribution is -0.124. The fourth-order valence-corrected chi connectivity index (χ4v) is 3.13. The van der Waals surface area contributed by atoms with Gasteiger partial charge in [-0.15, -0.1) is 10.2 Å². The van der Waals surface area contributed by atoms with Crippen LogP contribution in [0.2, 0.25) is 0 Å². The molecule has 1 atom stereocenters. The summed E-state index contributed by atoms with van der Waals surface area (Å²) in [6, 6.07) is 3.69. The maximum absolute atomic E-state index is 13.9. The van der Waals surface area contributed by atoms with Crippen LogP contribution in [0.5, 0.6) is 0 Å². The Morgan fingerprint density at radius 2 is 2.07 bits per heavy atom. The first kappa shape index (κ1) is 19.4. The highest BCUT2D eigenvalue weighted by molar-refractivity contribution is 5.78. The highest BCUT2D eigenvalue weighted by Gasteiger charge is 2.20. The van der Waals surface area contributed by atoms with Crippen molar-refractivity contribution in [2.75, 3.05) is 13.1 Å². The molecule has 2 aromatic rings. The maximum Gasteiger partial charge on any atom is 0.223 e. The van der Waals surface area contributed by atoms with Gasteiger partial charge in [0.1, 0.15) is 17.5 Å². The van der Waals surface area contributed by atoms with Crippen molar-refractivity contribution in [3.05, 3.63) is 47.0 Å². The highest BCUT2D eigenvalue weighted by atomic mass is 19.1. The number of nitrogens with one attached hydrogen (secondary N) is 1. The Bertz CT molecular complexity index is 807. The van der Waals surface area contributed by atoms with Gasteiger partial charge in [-0.05, 0) is 12.5 Å². The van der Waals surface area contributed by atoms with E-state index < -0.39 is 11.6 Å². The van der Waals surface area contributed by atoms with Crippen molar-refractivity contribution in [3.8, 4) is 0 Å². The van der Waals surface area contributed by atoms with Crippen molar-refractivity contribution in [3.63, 3.8) is 0 Å². The third kappa shape index (κ3) is 4.68. The second kappa shape index (κ2) is 8.56. The Hall–Kier alpha value is -2.35. The molecular weight excluding hydrogens is 352 g/mol. The number of hydrogen-bond donors (Lipinski definition) is 1. The summed E-state index contributed by atoms with van der Waals surface area (Å²) in [7, 11) is 0. The van der Waals surface area contributed by atoms with E-state index in [1.807, 2.05) is 18.4 Å². The van der Waals surface area contributed by atoms with Gasteiger partial charge in [-0.2, -0.15) is 0 Å². The normalized spacial score (nSPS) is 15.9. The van der Waals surface area contributed by atoms with Gasteiger partial charge in [-0.1, -0.05) is 19.9 Å². The van der Waals surface area contributed by atoms with Gasteiger partial charge < -0.3 is 9.88 Å². The van der Waals surface area contributed by atoms with Gasteiger partial charge in [-0.25, -0.2) is 8.78 Å². The van der Waals surface area contributed by atoms with Crippen LogP contribution >= 0.6 is 0 Å². The summed E-state index contributed by atoms with van der Waals surface area (Å²) in [5.41, 5.74) is 0.482. The molecule has 0 aliphatic carbocycles. The zero-order chi connectivity index (χ0) is 19.4. The van der Waals surface area contributed by atoms with Gasteiger partial charge in [-0.3, -0.25) is 9.69 Å². The number of rotatable bonds is 6. The molecule has 1 N–H and O–H groups in total. The van der Waals surface area contributed by atoms with Crippen molar-refractivity contribution < 1.29 is 13.6 Å². The van der Waals surface area contributed by atoms with Crippen molar-refractivity contribution >= 4 is 5.91 Å². The van der Waals surface area contributed by atoms with Crippen molar-refractivity contribution in [1.82, 2.24) is 25.0 Å². The van der Waals surface area contributed by atoms with E-state index in [1.165, 1.54) is 12.1 Å². The van der Waals surface area contributed by atoms with E-state index >= 15 is 0 Å². The molecule has 3 rings (SSSR count). The lowest BCUT2D eigenvalue weighted by atomic mass is 10.1. The molecule has 1 amide bonds. The molecule has 1 aromatic carbocycles. The fraction of sp³-hybridized carbons (Fsp3) is 0.526. The van der Waals surface area contributed by atoms with E-state index in [-0.39, 0.29) is 11.8 Å². The summed E-state index contributed by atoms with van der Waals surface area (Å²) in [5, 5.41) is 11.4. The van der Waals surface area contributed by atoms with E-state index in [2.05, 4.69) is 20.4 Å². The van der Waals surface area contributed by atoms with Gasteiger partial charge in [0, 0.05) is 50.1 Å². The zero-order valence-corrected chi connectivity index (χ0v) is 15.7. The van der Waals surface area contributed by atoms with Crippen LogP contribution in [0.4, 0.5) is 8.78 Å². The number of aromatic nitrogens is 3. The van der Waals surface area contributed by atoms with Crippen LogP contribution in [-0.4, -0.2) is 38.7 Å². The predicted molar refractivity (Wildman–Crippen MR) is 96.7 cm³/mol. The third-order valence-electron chi connectivity index (χ3n) is 5.09. The van der Waals surface area contributed by atoms with Crippen LogP contribution in [0.25, 0.3) is 0 Å². The summed E-state index contributed by atoms with van der Waals surface area (Å²) < 4.78 is 29.0. The summed E-state index contributed by atoms with van der Waals surface area (Å²) >= 11 is 0. The molecule has 0 fully saturated rings. The molecule has 0 bridgehead atoms. The number of halogens is 2. The molecule has 2 heterocycles. The Kier molecular flexibility index (Phi) is 6.15. The lowest BCUT2D eigenvalue weighted by Crippen LogP contribution is -2.30. The Morgan fingerprint density at radius 3 is 2.81 bits per heavy atom. The minimum Gasteiger partial charge on any atom is -0.349 e. The van der Waals surface area contributed by atoms with Crippen LogP contribution in [-0.2, 0) is 30.8 Å². The molecule has 0 saturated heterocycles. The SMILES string of the molecule is CC[C@H](C)C(=O)NCc1nnc2n1CCN(Cc1ccc(F)cc1F)CC2. The zero-order valence-electron chi connectivity index (χ0n) is 15.7. The van der Waals surface area contributed by atoms with Gasteiger partial charge in [0.25, 0.3) is 0 Å². The van der Waals surface area contributed by atoms with Gasteiger partial charge >= 0.3 is 0 Å². The molecule has 1 aliphatic heterocycles. The second-order valence-corrected chi connectivity index (χ2v) is 6.97. The average Bonchev–Trinajstić information content (AvgIpc) is 2.93. The van der Waals surface area contributed by atoms with E-state index in [4.69, 9.17) is 0 Å². The fourth-order valence-electron chi connectivity index (χ4n) is 3.13. The first-order chi connectivity index (χ1) is 13.0. The second-order valence-electron chi connectivity index (χ2n) is 6.97. The highest BCUT2D eigenvalue weighted by Crippen LogP contribution is 2.15. The van der Waals surface area contributed by atoms with Crippen LogP contribution in [0.15, 0.2) is 18.2 Å². The molecule has 0 spiro atoms. The number of fused-ring (bicyclic) bond motifs is 1. The molecule has 0 saturated carbocycles. The Balaban J connectivity index is 1.61. The van der Waals surface area contributed by atoms with Gasteiger partial charge in [0.2, 0.25) is 5.91 Å². The number of amides is 1. The smallest absolute Gasteiger partial charge is 0.223 e. The predicted octanol–water partition coefficient (Wildman–Crippen LogP) is 2.28. The van der Waals surface area contributed by atoms with E-state index in [0.717, 1.165) is 24.1 Å². The number of nitrogens with zero attached hydrogens (tertiary/aromatic N) is 4. The van der Waals surface area contributed by atoms with Crippen LogP contribution in [0.1, 0.15) is 37.5 Å². The van der Waals surface area contributed by atoms with Gasteiger partial charge in [0.15, 0.2) is 5.82 Å². The van der Waals surface area contributed by atoms with Crippen molar-refractivity contribution in [1.29, 1.82) is 0 Å². The number of hydrogen-bond acceptors (Lipinski definition) is 4. The summed E-state index contributed by atoms with van der Waals surface area (Å²) in [6.07, 6.45) is 1.48. The minimum atomic E-state index is -0.567. The number of carbonyl (C=O) groups is 1. The van der Waals surface area contributed by atoms with Crippen molar-refractivity contribution in [2.45, 2.75) is 46.3 Å². The molecule has 1 aromatic heterocycles. The quantitative estimate of drug-likeness (QED) is 0.839. The molecular formula is C19H25F2N5O. The maximum atomic E-state index is 13.9. The topological polar surface area (TPSA) is 63.1 Å². The first-order valence-electron chi connectivity index (χ1n) is 9.33. The number of carbonyl (C=O) groups excluding carboxylic acids is 1. The van der Waals surface area contributed by atoms with Crippen LogP contribution < -0.4 is 5.32 Å². The molecule has 146 valence electrons. The van der Waals surface area contributed by atoms with Crippen molar-refractivity contribution in [2.24, 2.45) is 5.92 Å². The summed E-state index contributed by atoms with van der Waals surface area (Å²) in [4.78, 5) is 14.1. The number of benzene rings is 1. The van der Waals surface area contributed by atoms with Crippen LogP contribution in [0.3, 0.4) is 0 Å². The third-order valence-corrected chi connectivity index (χ3v) is 5.09. The van der Waals surface area contributed by atoms with E-state index in [1.54, 1.807) is 0 Å². The molecule has 0 unspecified atom stereocenters. The van der Waals surface area contributed by atoms with E-state index in [9.17, 15) is 13.6 Å². The first-order valence-corrected chi connectivity index (χ1v) is 9.33. The summed E-state index contributed by atoms with van der Waals surface area (Å²) in [5.74, 6) is 0.491. The largest absolute Gasteiger partial charge is 0.349 e. The Morgan fingerprint density at radius 1 is 1.26 bits per heavy atom. The molecule has 6 nitrogen and oxygen atoms in total. The lowest BCUT2D eigenvalue weighted by Gasteiger charge is -2.20. The van der Waals surface area contributed by atoms with Crippen LogP contribution in [0, 0.1) is 17.6 Å². The average molecular weight is 377 g/mol. The Labute approximate surface area is 157 Å². The molecule has 1 aliphatic rings. The minimum absolute atomic E-state index is 0.0110. The van der Waals surface area contributed by atoms with Gasteiger partial charge in [0.05, 0.1) is 6.54 Å². The van der Waals surface area contributed by atoms with E-state index in [0.29, 0.717) is 44.7 Å².